The van der Waals surface area contributed by atoms with E-state index in [-0.39, 0.29) is 0 Å². The summed E-state index contributed by atoms with van der Waals surface area (Å²) in [5.74, 6) is 0. The van der Waals surface area contributed by atoms with Crippen molar-refractivity contribution in [3.63, 3.8) is 0 Å². The Morgan fingerprint density at radius 3 is 2.60 bits per heavy atom. The molecule has 0 N–H and O–H groups in total. The Bertz CT molecular complexity index is 339. The third kappa shape index (κ3) is 3.38. The fourth-order valence-electron chi connectivity index (χ4n) is 1.67. The third-order valence-corrected chi connectivity index (χ3v) is 2.52. The van der Waals surface area contributed by atoms with Crippen LogP contribution in [0.1, 0.15) is 31.4 Å². The largest absolute Gasteiger partial charge is 0.299 e. The predicted molar refractivity (Wildman–Crippen MR) is 62.4 cm³/mol. The van der Waals surface area contributed by atoms with Gasteiger partial charge in [-0.3, -0.25) is 4.90 Å². The number of benzene rings is 1. The van der Waals surface area contributed by atoms with Crippen LogP contribution in [0.5, 0.6) is 0 Å². The van der Waals surface area contributed by atoms with Crippen LogP contribution in [0.15, 0.2) is 24.3 Å². The van der Waals surface area contributed by atoms with Crippen LogP contribution >= 0.6 is 0 Å². The average molecular weight is 202 g/mol. The summed E-state index contributed by atoms with van der Waals surface area (Å²) in [5, 5.41) is 8.97. The van der Waals surface area contributed by atoms with Crippen LogP contribution in [-0.4, -0.2) is 18.0 Å². The number of rotatable bonds is 5. The summed E-state index contributed by atoms with van der Waals surface area (Å²) < 4.78 is 0. The molecule has 0 atom stereocenters. The van der Waals surface area contributed by atoms with E-state index in [0.29, 0.717) is 0 Å². The van der Waals surface area contributed by atoms with Gasteiger partial charge in [-0.05, 0) is 31.1 Å². The maximum absolute atomic E-state index is 8.97. The molecule has 0 fully saturated rings. The first kappa shape index (κ1) is 11.7. The molecule has 15 heavy (non-hydrogen) atoms. The highest BCUT2D eigenvalue weighted by Crippen LogP contribution is 2.10. The van der Waals surface area contributed by atoms with E-state index in [2.05, 4.69) is 24.8 Å². The molecule has 0 saturated carbocycles. The van der Waals surface area contributed by atoms with Crippen LogP contribution in [0.2, 0.25) is 0 Å². The minimum Gasteiger partial charge on any atom is -0.299 e. The highest BCUT2D eigenvalue weighted by Gasteiger charge is 2.05. The standard InChI is InChI=1S/C13H18N2/c1-3-9-15(4-2)11-13-8-6-5-7-12(13)10-14/h5-8H,3-4,9,11H2,1-2H3. The second-order valence-corrected chi connectivity index (χ2v) is 3.64. The van der Waals surface area contributed by atoms with Gasteiger partial charge in [-0.1, -0.05) is 32.0 Å². The van der Waals surface area contributed by atoms with Gasteiger partial charge in [0.25, 0.3) is 0 Å². The molecule has 1 aromatic carbocycles. The molecule has 0 bridgehead atoms. The summed E-state index contributed by atoms with van der Waals surface area (Å²) >= 11 is 0. The van der Waals surface area contributed by atoms with Crippen LogP contribution in [0.3, 0.4) is 0 Å². The van der Waals surface area contributed by atoms with Crippen molar-refractivity contribution in [2.75, 3.05) is 13.1 Å². The zero-order valence-electron chi connectivity index (χ0n) is 9.53. The fourth-order valence-corrected chi connectivity index (χ4v) is 1.67. The quantitative estimate of drug-likeness (QED) is 0.734. The average Bonchev–Trinajstić information content (AvgIpc) is 2.29. The Balaban J connectivity index is 2.74. The van der Waals surface area contributed by atoms with Crippen molar-refractivity contribution >= 4 is 0 Å². The minimum atomic E-state index is 0.798. The maximum Gasteiger partial charge on any atom is 0.0995 e. The second-order valence-electron chi connectivity index (χ2n) is 3.64. The van der Waals surface area contributed by atoms with Crippen LogP contribution in [0.4, 0.5) is 0 Å². The van der Waals surface area contributed by atoms with Crippen molar-refractivity contribution in [2.24, 2.45) is 0 Å². The number of nitrogens with zero attached hydrogens (tertiary/aromatic N) is 2. The van der Waals surface area contributed by atoms with Gasteiger partial charge in [0, 0.05) is 6.54 Å². The Morgan fingerprint density at radius 2 is 2.00 bits per heavy atom. The lowest BCUT2D eigenvalue weighted by molar-refractivity contribution is 0.280. The summed E-state index contributed by atoms with van der Waals surface area (Å²) in [6.45, 7) is 7.35. The van der Waals surface area contributed by atoms with E-state index in [1.54, 1.807) is 0 Å². The first-order valence-electron chi connectivity index (χ1n) is 5.52. The van der Waals surface area contributed by atoms with Crippen LogP contribution in [0.25, 0.3) is 0 Å². The molecule has 0 heterocycles. The molecule has 1 aromatic rings. The summed E-state index contributed by atoms with van der Waals surface area (Å²) in [6.07, 6.45) is 1.16. The Hall–Kier alpha value is -1.33. The van der Waals surface area contributed by atoms with Gasteiger partial charge in [-0.25, -0.2) is 0 Å². The van der Waals surface area contributed by atoms with Gasteiger partial charge in [0.15, 0.2) is 0 Å². The van der Waals surface area contributed by atoms with E-state index < -0.39 is 0 Å². The number of nitriles is 1. The van der Waals surface area contributed by atoms with Gasteiger partial charge in [-0.2, -0.15) is 5.26 Å². The molecule has 0 spiro atoms. The molecule has 80 valence electrons. The van der Waals surface area contributed by atoms with Crippen molar-refractivity contribution in [1.29, 1.82) is 5.26 Å². The van der Waals surface area contributed by atoms with Gasteiger partial charge in [0.2, 0.25) is 0 Å². The molecule has 2 heteroatoms. The molecule has 0 amide bonds. The van der Waals surface area contributed by atoms with Gasteiger partial charge >= 0.3 is 0 Å². The van der Waals surface area contributed by atoms with E-state index in [1.165, 1.54) is 0 Å². The maximum atomic E-state index is 8.97. The van der Waals surface area contributed by atoms with Crippen LogP contribution in [0, 0.1) is 11.3 Å². The van der Waals surface area contributed by atoms with Crippen LogP contribution in [-0.2, 0) is 6.54 Å². The van der Waals surface area contributed by atoms with Crippen molar-refractivity contribution in [3.05, 3.63) is 35.4 Å². The van der Waals surface area contributed by atoms with Gasteiger partial charge in [0.05, 0.1) is 11.6 Å². The van der Waals surface area contributed by atoms with Gasteiger partial charge in [-0.15, -0.1) is 0 Å². The summed E-state index contributed by atoms with van der Waals surface area (Å²) in [4.78, 5) is 2.36. The van der Waals surface area contributed by atoms with E-state index >= 15 is 0 Å². The normalized spacial score (nSPS) is 10.3. The second kappa shape index (κ2) is 6.21. The highest BCUT2D eigenvalue weighted by molar-refractivity contribution is 5.37. The summed E-state index contributed by atoms with van der Waals surface area (Å²) in [6, 6.07) is 10.1. The van der Waals surface area contributed by atoms with E-state index in [9.17, 15) is 0 Å². The predicted octanol–water partition coefficient (Wildman–Crippen LogP) is 2.79. The molecular weight excluding hydrogens is 184 g/mol. The smallest absolute Gasteiger partial charge is 0.0995 e. The van der Waals surface area contributed by atoms with Crippen molar-refractivity contribution in [3.8, 4) is 6.07 Å². The lowest BCUT2D eigenvalue weighted by Crippen LogP contribution is -2.23. The Kier molecular flexibility index (Phi) is 4.86. The Labute approximate surface area is 92.1 Å². The van der Waals surface area contributed by atoms with E-state index in [0.717, 1.165) is 37.2 Å². The molecule has 0 saturated heterocycles. The van der Waals surface area contributed by atoms with Crippen molar-refractivity contribution in [2.45, 2.75) is 26.8 Å². The topological polar surface area (TPSA) is 27.0 Å². The van der Waals surface area contributed by atoms with E-state index in [4.69, 9.17) is 5.26 Å². The SMILES string of the molecule is CCCN(CC)Cc1ccccc1C#N. The zero-order valence-corrected chi connectivity index (χ0v) is 9.53. The molecule has 0 aliphatic heterocycles. The molecule has 0 radical (unpaired) electrons. The van der Waals surface area contributed by atoms with Gasteiger partial charge in [0.1, 0.15) is 0 Å². The number of hydrogen-bond donors (Lipinski definition) is 0. The Morgan fingerprint density at radius 1 is 1.27 bits per heavy atom. The van der Waals surface area contributed by atoms with E-state index in [1.807, 2.05) is 24.3 Å². The third-order valence-electron chi connectivity index (χ3n) is 2.52. The van der Waals surface area contributed by atoms with Crippen molar-refractivity contribution < 1.29 is 0 Å². The molecule has 0 aliphatic rings. The van der Waals surface area contributed by atoms with Crippen molar-refractivity contribution in [1.82, 2.24) is 4.90 Å². The lowest BCUT2D eigenvalue weighted by Gasteiger charge is -2.19. The summed E-state index contributed by atoms with van der Waals surface area (Å²) in [7, 11) is 0. The first-order valence-corrected chi connectivity index (χ1v) is 5.52. The summed E-state index contributed by atoms with van der Waals surface area (Å²) in [5.41, 5.74) is 1.93. The molecule has 2 nitrogen and oxygen atoms in total. The monoisotopic (exact) mass is 202 g/mol. The minimum absolute atomic E-state index is 0.798. The molecule has 0 unspecified atom stereocenters. The fraction of sp³-hybridized carbons (Fsp3) is 0.462. The first-order chi connectivity index (χ1) is 7.31. The molecular formula is C13H18N2. The van der Waals surface area contributed by atoms with Crippen LogP contribution < -0.4 is 0 Å². The number of hydrogen-bond acceptors (Lipinski definition) is 2. The van der Waals surface area contributed by atoms with Gasteiger partial charge < -0.3 is 0 Å². The molecule has 0 aromatic heterocycles. The highest BCUT2D eigenvalue weighted by atomic mass is 15.1. The zero-order chi connectivity index (χ0) is 11.1. The molecule has 0 aliphatic carbocycles. The molecule has 1 rings (SSSR count). The lowest BCUT2D eigenvalue weighted by atomic mass is 10.1.